The van der Waals surface area contributed by atoms with Gasteiger partial charge in [-0.05, 0) is 30.5 Å². The lowest BCUT2D eigenvalue weighted by atomic mass is 10.0. The van der Waals surface area contributed by atoms with Gasteiger partial charge in [-0.2, -0.15) is 0 Å². The highest BCUT2D eigenvalue weighted by Gasteiger charge is 2.36. The molecule has 34 heavy (non-hydrogen) atoms. The van der Waals surface area contributed by atoms with Crippen LogP contribution in [0.25, 0.3) is 10.9 Å². The molecule has 0 bridgehead atoms. The Labute approximate surface area is 194 Å². The molecule has 1 aliphatic heterocycles. The van der Waals surface area contributed by atoms with Gasteiger partial charge in [0.2, 0.25) is 0 Å². The Morgan fingerprint density at radius 1 is 1.21 bits per heavy atom. The average molecular weight is 474 g/mol. The van der Waals surface area contributed by atoms with Gasteiger partial charge in [0.25, 0.3) is 11.8 Å². The van der Waals surface area contributed by atoms with Gasteiger partial charge in [0, 0.05) is 40.6 Å². The molecule has 3 rings (SSSR count). The third-order valence-electron chi connectivity index (χ3n) is 5.43. The van der Waals surface area contributed by atoms with Crippen molar-refractivity contribution >= 4 is 40.3 Å². The molecule has 2 heterocycles. The molecule has 182 valence electrons. The fourth-order valence-corrected chi connectivity index (χ4v) is 3.70. The number of imide groups is 1. The van der Waals surface area contributed by atoms with E-state index in [1.54, 1.807) is 45.2 Å². The minimum atomic E-state index is -1.59. The number of aromatic nitrogens is 1. The van der Waals surface area contributed by atoms with Crippen LogP contribution >= 0.6 is 0 Å². The molecular weight excluding hydrogens is 448 g/mol. The van der Waals surface area contributed by atoms with E-state index in [4.69, 9.17) is 9.57 Å². The first-order valence-corrected chi connectivity index (χ1v) is 10.9. The van der Waals surface area contributed by atoms with Crippen LogP contribution in [0.1, 0.15) is 39.2 Å². The zero-order valence-corrected chi connectivity index (χ0v) is 19.0. The SMILES string of the molecule is CCOC(=O)C(Cc1c[nH]c2cccc(NC(C(=O)ON3C(=O)CCC3=O)C(C)C)c12)[N+](=O)[O-]. The number of nitrogens with one attached hydrogen (secondary N) is 2. The Morgan fingerprint density at radius 3 is 2.47 bits per heavy atom. The van der Waals surface area contributed by atoms with E-state index in [1.165, 1.54) is 0 Å². The molecule has 0 spiro atoms. The third-order valence-corrected chi connectivity index (χ3v) is 5.43. The lowest BCUT2D eigenvalue weighted by Gasteiger charge is -2.24. The number of amides is 2. The first-order valence-electron chi connectivity index (χ1n) is 10.9. The van der Waals surface area contributed by atoms with Gasteiger partial charge in [0.15, 0.2) is 0 Å². The van der Waals surface area contributed by atoms with Crippen LogP contribution in [0.4, 0.5) is 5.69 Å². The molecular formula is C22H26N4O8. The zero-order valence-electron chi connectivity index (χ0n) is 19.0. The maximum absolute atomic E-state index is 12.8. The predicted molar refractivity (Wildman–Crippen MR) is 119 cm³/mol. The Bertz CT molecular complexity index is 1110. The minimum absolute atomic E-state index is 0.0179. The number of carbonyl (C=O) groups is 4. The van der Waals surface area contributed by atoms with E-state index < -0.39 is 40.8 Å². The molecule has 0 aliphatic carbocycles. The number of nitrogens with zero attached hydrogens (tertiary/aromatic N) is 2. The summed E-state index contributed by atoms with van der Waals surface area (Å²) in [6, 6.07) is 2.62. The summed E-state index contributed by atoms with van der Waals surface area (Å²) in [5.74, 6) is -3.22. The highest BCUT2D eigenvalue weighted by Crippen LogP contribution is 2.30. The fraction of sp³-hybridized carbons (Fsp3) is 0.455. The summed E-state index contributed by atoms with van der Waals surface area (Å²) < 4.78 is 4.84. The van der Waals surface area contributed by atoms with E-state index in [2.05, 4.69) is 10.3 Å². The van der Waals surface area contributed by atoms with Gasteiger partial charge < -0.3 is 19.9 Å². The summed E-state index contributed by atoms with van der Waals surface area (Å²) in [7, 11) is 0. The number of fused-ring (bicyclic) bond motifs is 1. The summed E-state index contributed by atoms with van der Waals surface area (Å²) in [5.41, 5.74) is 1.58. The molecule has 2 N–H and O–H groups in total. The van der Waals surface area contributed by atoms with Crippen molar-refractivity contribution in [2.75, 3.05) is 11.9 Å². The molecule has 0 radical (unpaired) electrons. The van der Waals surface area contributed by atoms with Crippen molar-refractivity contribution in [3.63, 3.8) is 0 Å². The molecule has 2 unspecified atom stereocenters. The summed E-state index contributed by atoms with van der Waals surface area (Å²) in [6.45, 7) is 5.10. The van der Waals surface area contributed by atoms with E-state index >= 15 is 0 Å². The molecule has 1 aromatic carbocycles. The summed E-state index contributed by atoms with van der Waals surface area (Å²) in [4.78, 5) is 67.5. The summed E-state index contributed by atoms with van der Waals surface area (Å²) in [5, 5.41) is 15.6. The van der Waals surface area contributed by atoms with Crippen LogP contribution < -0.4 is 5.32 Å². The van der Waals surface area contributed by atoms with Crippen molar-refractivity contribution in [3.05, 3.63) is 40.1 Å². The summed E-state index contributed by atoms with van der Waals surface area (Å²) >= 11 is 0. The second-order valence-electron chi connectivity index (χ2n) is 8.16. The lowest BCUT2D eigenvalue weighted by molar-refractivity contribution is -0.510. The molecule has 1 aromatic heterocycles. The van der Waals surface area contributed by atoms with Gasteiger partial charge in [0.05, 0.1) is 13.0 Å². The maximum atomic E-state index is 12.8. The van der Waals surface area contributed by atoms with Gasteiger partial charge in [-0.3, -0.25) is 19.7 Å². The summed E-state index contributed by atoms with van der Waals surface area (Å²) in [6.07, 6.45) is 1.31. The monoisotopic (exact) mass is 474 g/mol. The van der Waals surface area contributed by atoms with Gasteiger partial charge in [-0.25, -0.2) is 9.59 Å². The lowest BCUT2D eigenvalue weighted by Crippen LogP contribution is -2.42. The standard InChI is InChI=1S/C22H26N4O8/c1-4-33-21(29)16(26(31)32)10-13-11-23-14-6-5-7-15(19(13)14)24-20(12(2)3)22(30)34-25-17(27)8-9-18(25)28/h5-7,11-12,16,20,23-24H,4,8-10H2,1-3H3. The van der Waals surface area contributed by atoms with E-state index in [1.807, 2.05) is 0 Å². The number of benzene rings is 1. The molecule has 2 atom stereocenters. The zero-order chi connectivity index (χ0) is 25.0. The van der Waals surface area contributed by atoms with E-state index in [0.29, 0.717) is 27.2 Å². The maximum Gasteiger partial charge on any atom is 0.382 e. The second kappa shape index (κ2) is 10.3. The van der Waals surface area contributed by atoms with Crippen LogP contribution in [0, 0.1) is 16.0 Å². The highest BCUT2D eigenvalue weighted by atomic mass is 16.7. The van der Waals surface area contributed by atoms with Gasteiger partial charge in [-0.1, -0.05) is 19.9 Å². The van der Waals surface area contributed by atoms with Gasteiger partial charge in [-0.15, -0.1) is 5.06 Å². The van der Waals surface area contributed by atoms with Crippen molar-refractivity contribution in [3.8, 4) is 0 Å². The van der Waals surface area contributed by atoms with E-state index in [-0.39, 0.29) is 31.8 Å². The number of nitro groups is 1. The highest BCUT2D eigenvalue weighted by molar-refractivity contribution is 6.02. The molecule has 2 aromatic rings. The Balaban J connectivity index is 1.89. The number of rotatable bonds is 10. The van der Waals surface area contributed by atoms with Crippen LogP contribution in [0.15, 0.2) is 24.4 Å². The van der Waals surface area contributed by atoms with Gasteiger partial charge >= 0.3 is 18.0 Å². The molecule has 0 saturated carbocycles. The number of aromatic amines is 1. The molecule has 1 fully saturated rings. The number of ether oxygens (including phenoxy) is 1. The van der Waals surface area contributed by atoms with Crippen LogP contribution in [0.2, 0.25) is 0 Å². The van der Waals surface area contributed by atoms with Crippen molar-refractivity contribution in [2.45, 2.75) is 52.1 Å². The Morgan fingerprint density at radius 2 is 1.88 bits per heavy atom. The predicted octanol–water partition coefficient (Wildman–Crippen LogP) is 1.96. The Hall–Kier alpha value is -3.96. The number of anilines is 1. The molecule has 2 amide bonds. The van der Waals surface area contributed by atoms with Crippen LogP contribution in [-0.4, -0.2) is 57.4 Å². The number of hydrogen-bond donors (Lipinski definition) is 2. The first-order chi connectivity index (χ1) is 16.1. The van der Waals surface area contributed by atoms with Crippen LogP contribution in [0.3, 0.4) is 0 Å². The van der Waals surface area contributed by atoms with Crippen molar-refractivity contribution < 1.29 is 33.7 Å². The number of carbonyl (C=O) groups excluding carboxylic acids is 4. The average Bonchev–Trinajstić information content (AvgIpc) is 3.33. The number of hydroxylamine groups is 2. The van der Waals surface area contributed by atoms with Crippen molar-refractivity contribution in [1.82, 2.24) is 10.0 Å². The quantitative estimate of drug-likeness (QED) is 0.227. The van der Waals surface area contributed by atoms with Crippen LogP contribution in [0.5, 0.6) is 0 Å². The third kappa shape index (κ3) is 5.16. The van der Waals surface area contributed by atoms with Crippen molar-refractivity contribution in [1.29, 1.82) is 0 Å². The van der Waals surface area contributed by atoms with E-state index in [9.17, 15) is 29.3 Å². The topological polar surface area (TPSA) is 161 Å². The van der Waals surface area contributed by atoms with Crippen LogP contribution in [-0.2, 0) is 35.2 Å². The van der Waals surface area contributed by atoms with Crippen molar-refractivity contribution in [2.24, 2.45) is 5.92 Å². The Kier molecular flexibility index (Phi) is 7.49. The number of esters is 1. The normalized spacial score (nSPS) is 15.5. The largest absolute Gasteiger partial charge is 0.461 e. The smallest absolute Gasteiger partial charge is 0.382 e. The second-order valence-corrected chi connectivity index (χ2v) is 8.16. The fourth-order valence-electron chi connectivity index (χ4n) is 3.70. The minimum Gasteiger partial charge on any atom is -0.461 e. The first kappa shape index (κ1) is 24.7. The number of hydrogen-bond acceptors (Lipinski definition) is 9. The number of H-pyrrole nitrogens is 1. The molecule has 12 heteroatoms. The van der Waals surface area contributed by atoms with Gasteiger partial charge in [0.1, 0.15) is 6.04 Å². The molecule has 1 saturated heterocycles. The molecule has 12 nitrogen and oxygen atoms in total. The van der Waals surface area contributed by atoms with E-state index in [0.717, 1.165) is 0 Å². The molecule has 1 aliphatic rings.